The van der Waals surface area contributed by atoms with Gasteiger partial charge in [-0.15, -0.1) is 11.8 Å². The Morgan fingerprint density at radius 1 is 1.17 bits per heavy atom. The topological polar surface area (TPSA) is 49.4 Å². The maximum atomic E-state index is 13.0. The maximum absolute atomic E-state index is 13.0. The summed E-state index contributed by atoms with van der Waals surface area (Å²) in [5, 5.41) is 3.69. The molecule has 4 nitrogen and oxygen atoms in total. The Morgan fingerprint density at radius 3 is 2.48 bits per heavy atom. The molecule has 0 aliphatic carbocycles. The highest BCUT2D eigenvalue weighted by Crippen LogP contribution is 2.24. The molecular formula is C21H23Cl2FN2O2S. The number of rotatable bonds is 9. The van der Waals surface area contributed by atoms with E-state index < -0.39 is 6.04 Å². The van der Waals surface area contributed by atoms with Crippen molar-refractivity contribution in [3.05, 3.63) is 69.5 Å². The van der Waals surface area contributed by atoms with E-state index >= 15 is 0 Å². The Bertz CT molecular complexity index is 849. The van der Waals surface area contributed by atoms with Crippen molar-refractivity contribution in [2.75, 3.05) is 12.3 Å². The summed E-state index contributed by atoms with van der Waals surface area (Å²) in [6.07, 6.45) is 0. The van der Waals surface area contributed by atoms with E-state index in [-0.39, 0.29) is 29.9 Å². The van der Waals surface area contributed by atoms with Gasteiger partial charge in [0.25, 0.3) is 0 Å². The van der Waals surface area contributed by atoms with Crippen molar-refractivity contribution >= 4 is 46.8 Å². The van der Waals surface area contributed by atoms with Crippen LogP contribution in [0.25, 0.3) is 0 Å². The van der Waals surface area contributed by atoms with E-state index in [0.29, 0.717) is 27.9 Å². The molecule has 0 aliphatic heterocycles. The standard InChI is InChI=1S/C21H23Cl2FN2O2S/c1-3-25-21(28)14(2)26(11-16-6-7-17(22)10-19(16)23)20(27)13-29-12-15-4-8-18(24)9-5-15/h4-10,14H,3,11-13H2,1-2H3,(H,25,28). The van der Waals surface area contributed by atoms with Gasteiger partial charge < -0.3 is 10.2 Å². The van der Waals surface area contributed by atoms with Gasteiger partial charge in [-0.2, -0.15) is 0 Å². The molecule has 0 aromatic heterocycles. The normalized spacial score (nSPS) is 11.8. The molecule has 29 heavy (non-hydrogen) atoms. The highest BCUT2D eigenvalue weighted by molar-refractivity contribution is 7.99. The summed E-state index contributed by atoms with van der Waals surface area (Å²) < 4.78 is 13.0. The van der Waals surface area contributed by atoms with Crippen molar-refractivity contribution in [3.63, 3.8) is 0 Å². The Hall–Kier alpha value is -1.76. The number of likely N-dealkylation sites (N-methyl/N-ethyl adjacent to an activating group) is 1. The average molecular weight is 457 g/mol. The number of benzene rings is 2. The largest absolute Gasteiger partial charge is 0.355 e. The van der Waals surface area contributed by atoms with Crippen LogP contribution in [0.5, 0.6) is 0 Å². The van der Waals surface area contributed by atoms with E-state index in [1.807, 2.05) is 6.92 Å². The Morgan fingerprint density at radius 2 is 1.86 bits per heavy atom. The summed E-state index contributed by atoms with van der Waals surface area (Å²) in [6.45, 7) is 4.19. The first-order valence-electron chi connectivity index (χ1n) is 9.15. The quantitative estimate of drug-likeness (QED) is 0.582. The molecule has 2 aromatic carbocycles. The van der Waals surface area contributed by atoms with Crippen LogP contribution < -0.4 is 5.32 Å². The van der Waals surface area contributed by atoms with Crippen LogP contribution in [0.1, 0.15) is 25.0 Å². The zero-order chi connectivity index (χ0) is 21.4. The lowest BCUT2D eigenvalue weighted by atomic mass is 10.1. The molecule has 1 atom stereocenters. The van der Waals surface area contributed by atoms with Gasteiger partial charge in [-0.25, -0.2) is 4.39 Å². The summed E-state index contributed by atoms with van der Waals surface area (Å²) >= 11 is 13.6. The van der Waals surface area contributed by atoms with Crippen molar-refractivity contribution in [3.8, 4) is 0 Å². The molecule has 0 fully saturated rings. The number of carbonyl (C=O) groups is 2. The second-order valence-electron chi connectivity index (χ2n) is 6.45. The monoisotopic (exact) mass is 456 g/mol. The molecular weight excluding hydrogens is 434 g/mol. The van der Waals surface area contributed by atoms with E-state index in [9.17, 15) is 14.0 Å². The zero-order valence-corrected chi connectivity index (χ0v) is 18.6. The summed E-state index contributed by atoms with van der Waals surface area (Å²) in [5.41, 5.74) is 1.64. The number of nitrogens with one attached hydrogen (secondary N) is 1. The average Bonchev–Trinajstić information content (AvgIpc) is 2.68. The lowest BCUT2D eigenvalue weighted by Gasteiger charge is -2.29. The van der Waals surface area contributed by atoms with Crippen LogP contribution >= 0.6 is 35.0 Å². The fraction of sp³-hybridized carbons (Fsp3) is 0.333. The SMILES string of the molecule is CCNC(=O)C(C)N(Cc1ccc(Cl)cc1Cl)C(=O)CSCc1ccc(F)cc1. The van der Waals surface area contributed by atoms with E-state index in [4.69, 9.17) is 23.2 Å². The number of thioether (sulfide) groups is 1. The minimum atomic E-state index is -0.652. The van der Waals surface area contributed by atoms with E-state index in [1.54, 1.807) is 37.3 Å². The number of hydrogen-bond acceptors (Lipinski definition) is 3. The van der Waals surface area contributed by atoms with Gasteiger partial charge in [0, 0.05) is 28.9 Å². The lowest BCUT2D eigenvalue weighted by Crippen LogP contribution is -2.48. The second kappa shape index (κ2) is 11.4. The molecule has 2 rings (SSSR count). The third kappa shape index (κ3) is 7.21. The minimum absolute atomic E-state index is 0.179. The molecule has 0 radical (unpaired) electrons. The summed E-state index contributed by atoms with van der Waals surface area (Å²) in [6, 6.07) is 10.6. The van der Waals surface area contributed by atoms with E-state index in [2.05, 4.69) is 5.32 Å². The first-order chi connectivity index (χ1) is 13.8. The highest BCUT2D eigenvalue weighted by atomic mass is 35.5. The van der Waals surface area contributed by atoms with Gasteiger partial charge in [-0.1, -0.05) is 41.4 Å². The number of carbonyl (C=O) groups excluding carboxylic acids is 2. The van der Waals surface area contributed by atoms with E-state index in [1.165, 1.54) is 28.8 Å². The van der Waals surface area contributed by atoms with Crippen LogP contribution in [0, 0.1) is 5.82 Å². The van der Waals surface area contributed by atoms with Gasteiger partial charge in [0.1, 0.15) is 11.9 Å². The molecule has 1 N–H and O–H groups in total. The fourth-order valence-electron chi connectivity index (χ4n) is 2.66. The second-order valence-corrected chi connectivity index (χ2v) is 8.28. The first kappa shape index (κ1) is 23.5. The van der Waals surface area contributed by atoms with Crippen molar-refractivity contribution in [1.82, 2.24) is 10.2 Å². The van der Waals surface area contributed by atoms with Gasteiger partial charge in [-0.3, -0.25) is 9.59 Å². The molecule has 2 amide bonds. The lowest BCUT2D eigenvalue weighted by molar-refractivity contribution is -0.138. The number of nitrogens with zero attached hydrogens (tertiary/aromatic N) is 1. The Balaban J connectivity index is 2.09. The van der Waals surface area contributed by atoms with Crippen LogP contribution in [-0.4, -0.2) is 35.1 Å². The molecule has 156 valence electrons. The number of amides is 2. The molecule has 0 aliphatic rings. The van der Waals surface area contributed by atoms with Crippen LogP contribution in [0.4, 0.5) is 4.39 Å². The third-order valence-electron chi connectivity index (χ3n) is 4.28. The minimum Gasteiger partial charge on any atom is -0.355 e. The van der Waals surface area contributed by atoms with Gasteiger partial charge in [-0.05, 0) is 49.2 Å². The van der Waals surface area contributed by atoms with Gasteiger partial charge >= 0.3 is 0 Å². The van der Waals surface area contributed by atoms with Gasteiger partial charge in [0.15, 0.2) is 0 Å². The van der Waals surface area contributed by atoms with Crippen LogP contribution in [-0.2, 0) is 21.9 Å². The van der Waals surface area contributed by atoms with Crippen LogP contribution in [0.2, 0.25) is 10.0 Å². The predicted molar refractivity (Wildman–Crippen MR) is 118 cm³/mol. The molecule has 1 unspecified atom stereocenters. The predicted octanol–water partition coefficient (Wildman–Crippen LogP) is 4.92. The smallest absolute Gasteiger partial charge is 0.242 e. The molecule has 8 heteroatoms. The van der Waals surface area contributed by atoms with Crippen LogP contribution in [0.15, 0.2) is 42.5 Å². The Kier molecular flexibility index (Phi) is 9.27. The highest BCUT2D eigenvalue weighted by Gasteiger charge is 2.26. The fourth-order valence-corrected chi connectivity index (χ4v) is 4.00. The van der Waals surface area contributed by atoms with Crippen molar-refractivity contribution in [1.29, 1.82) is 0 Å². The Labute approximate surface area is 184 Å². The van der Waals surface area contributed by atoms with Crippen LogP contribution in [0.3, 0.4) is 0 Å². The van der Waals surface area contributed by atoms with Crippen molar-refractivity contribution in [2.45, 2.75) is 32.2 Å². The molecule has 0 saturated heterocycles. The van der Waals surface area contributed by atoms with Crippen molar-refractivity contribution < 1.29 is 14.0 Å². The summed E-state index contributed by atoms with van der Waals surface area (Å²) in [4.78, 5) is 26.8. The summed E-state index contributed by atoms with van der Waals surface area (Å²) in [5.74, 6) is 0.0524. The first-order valence-corrected chi connectivity index (χ1v) is 11.1. The van der Waals surface area contributed by atoms with Gasteiger partial charge in [0.2, 0.25) is 11.8 Å². The van der Waals surface area contributed by atoms with Gasteiger partial charge in [0.05, 0.1) is 5.75 Å². The molecule has 0 bridgehead atoms. The molecule has 2 aromatic rings. The number of hydrogen-bond donors (Lipinski definition) is 1. The maximum Gasteiger partial charge on any atom is 0.242 e. The molecule has 0 saturated carbocycles. The zero-order valence-electron chi connectivity index (χ0n) is 16.3. The third-order valence-corrected chi connectivity index (χ3v) is 5.86. The summed E-state index contributed by atoms with van der Waals surface area (Å²) in [7, 11) is 0. The molecule has 0 heterocycles. The number of halogens is 3. The van der Waals surface area contributed by atoms with Crippen molar-refractivity contribution in [2.24, 2.45) is 0 Å². The van der Waals surface area contributed by atoms with E-state index in [0.717, 1.165) is 5.56 Å². The molecule has 0 spiro atoms.